The molecule has 16 heavy (non-hydrogen) atoms. The molecule has 4 heteroatoms. The van der Waals surface area contributed by atoms with Crippen molar-refractivity contribution in [2.45, 2.75) is 13.3 Å². The van der Waals surface area contributed by atoms with Crippen LogP contribution in [0.5, 0.6) is 0 Å². The van der Waals surface area contributed by atoms with E-state index in [1.54, 1.807) is 17.8 Å². The Bertz CT molecular complexity index is 506. The number of ketones is 1. The number of carbonyl (C=O) groups is 1. The van der Waals surface area contributed by atoms with Gasteiger partial charge in [-0.1, -0.05) is 11.6 Å². The summed E-state index contributed by atoms with van der Waals surface area (Å²) in [6.07, 6.45) is 2.09. The summed E-state index contributed by atoms with van der Waals surface area (Å²) in [7, 11) is 0. The zero-order chi connectivity index (χ0) is 11.5. The zero-order valence-corrected chi connectivity index (χ0v) is 9.75. The third kappa shape index (κ3) is 2.28. The van der Waals surface area contributed by atoms with E-state index in [1.807, 2.05) is 19.1 Å². The number of Topliss-reactive ketones (excluding diaryl/α,β-unsaturated/α-hetero) is 1. The molecule has 0 atom stereocenters. The van der Waals surface area contributed by atoms with E-state index in [-0.39, 0.29) is 5.78 Å². The van der Waals surface area contributed by atoms with Crippen LogP contribution in [0.25, 0.3) is 0 Å². The van der Waals surface area contributed by atoms with Crippen LogP contribution in [0.1, 0.15) is 20.8 Å². The number of hydrogen-bond donors (Lipinski definition) is 1. The largest absolute Gasteiger partial charge is 0.398 e. The number of aryl methyl sites for hydroxylation is 1. The Kier molecular flexibility index (Phi) is 3.01. The van der Waals surface area contributed by atoms with Gasteiger partial charge in [-0.3, -0.25) is 9.78 Å². The third-order valence-corrected chi connectivity index (χ3v) is 3.11. The summed E-state index contributed by atoms with van der Waals surface area (Å²) < 4.78 is 0. The lowest BCUT2D eigenvalue weighted by Gasteiger charge is -2.04. The van der Waals surface area contributed by atoms with E-state index in [0.717, 1.165) is 10.4 Å². The molecule has 82 valence electrons. The highest BCUT2D eigenvalue weighted by atomic mass is 32.1. The van der Waals surface area contributed by atoms with Gasteiger partial charge in [-0.25, -0.2) is 0 Å². The lowest BCUT2D eigenvalue weighted by Crippen LogP contribution is -2.06. The van der Waals surface area contributed by atoms with Gasteiger partial charge in [0.15, 0.2) is 5.78 Å². The summed E-state index contributed by atoms with van der Waals surface area (Å²) in [5, 5.41) is 0. The highest BCUT2D eigenvalue weighted by molar-refractivity contribution is 7.09. The minimum Gasteiger partial charge on any atom is -0.398 e. The van der Waals surface area contributed by atoms with Crippen molar-refractivity contribution in [3.8, 4) is 0 Å². The van der Waals surface area contributed by atoms with Crippen molar-refractivity contribution in [1.82, 2.24) is 4.98 Å². The number of hydrogen-bond acceptors (Lipinski definition) is 4. The number of benzene rings is 1. The summed E-state index contributed by atoms with van der Waals surface area (Å²) in [6.45, 7) is 1.95. The summed E-state index contributed by atoms with van der Waals surface area (Å²) in [5.41, 5.74) is 9.70. The van der Waals surface area contributed by atoms with E-state index in [2.05, 4.69) is 4.98 Å². The number of anilines is 1. The van der Waals surface area contributed by atoms with Gasteiger partial charge in [0.1, 0.15) is 0 Å². The van der Waals surface area contributed by atoms with Crippen LogP contribution in [0.4, 0.5) is 5.69 Å². The Balaban J connectivity index is 2.24. The first-order valence-corrected chi connectivity index (χ1v) is 5.81. The van der Waals surface area contributed by atoms with Crippen molar-refractivity contribution >= 4 is 22.8 Å². The fourth-order valence-corrected chi connectivity index (χ4v) is 2.09. The van der Waals surface area contributed by atoms with Crippen LogP contribution in [-0.4, -0.2) is 10.8 Å². The maximum atomic E-state index is 12.0. The van der Waals surface area contributed by atoms with Gasteiger partial charge in [0, 0.05) is 28.7 Å². The minimum absolute atomic E-state index is 0.0467. The van der Waals surface area contributed by atoms with Gasteiger partial charge in [0.05, 0.1) is 5.51 Å². The molecule has 2 rings (SSSR count). The molecule has 1 aromatic carbocycles. The average molecular weight is 232 g/mol. The summed E-state index contributed by atoms with van der Waals surface area (Å²) in [6, 6.07) is 5.51. The Morgan fingerprint density at radius 1 is 1.50 bits per heavy atom. The van der Waals surface area contributed by atoms with Crippen LogP contribution in [0.2, 0.25) is 0 Å². The van der Waals surface area contributed by atoms with Gasteiger partial charge >= 0.3 is 0 Å². The van der Waals surface area contributed by atoms with Gasteiger partial charge < -0.3 is 5.73 Å². The molecule has 0 spiro atoms. The van der Waals surface area contributed by atoms with Crippen LogP contribution < -0.4 is 5.73 Å². The van der Waals surface area contributed by atoms with Crippen LogP contribution in [0.15, 0.2) is 29.9 Å². The number of thiazole rings is 1. The summed E-state index contributed by atoms with van der Waals surface area (Å²) >= 11 is 1.48. The highest BCUT2D eigenvalue weighted by Crippen LogP contribution is 2.17. The molecule has 0 aliphatic carbocycles. The maximum Gasteiger partial charge on any atom is 0.170 e. The van der Waals surface area contributed by atoms with Gasteiger partial charge in [0.2, 0.25) is 0 Å². The number of aromatic nitrogens is 1. The maximum absolute atomic E-state index is 12.0. The lowest BCUT2D eigenvalue weighted by molar-refractivity contribution is 0.0994. The Morgan fingerprint density at radius 2 is 2.31 bits per heavy atom. The van der Waals surface area contributed by atoms with E-state index >= 15 is 0 Å². The number of nitrogens with two attached hydrogens (primary N) is 1. The van der Waals surface area contributed by atoms with Crippen molar-refractivity contribution in [3.63, 3.8) is 0 Å². The average Bonchev–Trinajstić information content (AvgIpc) is 2.74. The first-order valence-electron chi connectivity index (χ1n) is 4.93. The molecule has 2 N–H and O–H groups in total. The standard InChI is InChI=1S/C12H12N2OS/c1-8-2-3-11(13)10(4-8)12(15)5-9-6-14-7-16-9/h2-4,6-7H,5,13H2,1H3. The Morgan fingerprint density at radius 3 is 3.00 bits per heavy atom. The molecule has 0 unspecified atom stereocenters. The van der Waals surface area contributed by atoms with E-state index in [1.165, 1.54) is 11.3 Å². The second-order valence-corrected chi connectivity index (χ2v) is 4.63. The first kappa shape index (κ1) is 10.8. The van der Waals surface area contributed by atoms with Crippen LogP contribution >= 0.6 is 11.3 Å². The SMILES string of the molecule is Cc1ccc(N)c(C(=O)Cc2cncs2)c1. The molecule has 0 aliphatic rings. The fourth-order valence-electron chi connectivity index (χ4n) is 1.49. The van der Waals surface area contributed by atoms with Crippen molar-refractivity contribution in [2.75, 3.05) is 5.73 Å². The number of carbonyl (C=O) groups excluding carboxylic acids is 1. The van der Waals surface area contributed by atoms with Gasteiger partial charge in [-0.2, -0.15) is 0 Å². The Hall–Kier alpha value is -1.68. The second-order valence-electron chi connectivity index (χ2n) is 3.66. The molecular formula is C12H12N2OS. The molecular weight excluding hydrogens is 220 g/mol. The second kappa shape index (κ2) is 4.45. The van der Waals surface area contributed by atoms with Crippen molar-refractivity contribution in [2.24, 2.45) is 0 Å². The molecule has 0 saturated carbocycles. The van der Waals surface area contributed by atoms with Crippen molar-refractivity contribution in [3.05, 3.63) is 45.9 Å². The molecule has 0 radical (unpaired) electrons. The quantitative estimate of drug-likeness (QED) is 0.653. The monoisotopic (exact) mass is 232 g/mol. The first-order chi connectivity index (χ1) is 7.66. The Labute approximate surface area is 97.9 Å². The van der Waals surface area contributed by atoms with Gasteiger partial charge in [-0.15, -0.1) is 11.3 Å². The molecule has 0 fully saturated rings. The van der Waals surface area contributed by atoms with E-state index < -0.39 is 0 Å². The van der Waals surface area contributed by atoms with Crippen LogP contribution in [0.3, 0.4) is 0 Å². The predicted octanol–water partition coefficient (Wildman–Crippen LogP) is 2.46. The van der Waals surface area contributed by atoms with Crippen molar-refractivity contribution < 1.29 is 4.79 Å². The molecule has 3 nitrogen and oxygen atoms in total. The normalized spacial score (nSPS) is 10.3. The van der Waals surface area contributed by atoms with E-state index in [9.17, 15) is 4.79 Å². The number of nitrogen functional groups attached to an aromatic ring is 1. The van der Waals surface area contributed by atoms with Gasteiger partial charge in [-0.05, 0) is 19.1 Å². The molecule has 2 aromatic rings. The van der Waals surface area contributed by atoms with E-state index in [0.29, 0.717) is 17.7 Å². The van der Waals surface area contributed by atoms with Crippen molar-refractivity contribution in [1.29, 1.82) is 0 Å². The molecule has 1 aromatic heterocycles. The molecule has 0 aliphatic heterocycles. The van der Waals surface area contributed by atoms with Crippen LogP contribution in [-0.2, 0) is 6.42 Å². The number of nitrogens with zero attached hydrogens (tertiary/aromatic N) is 1. The summed E-state index contributed by atoms with van der Waals surface area (Å²) in [5.74, 6) is 0.0467. The number of rotatable bonds is 3. The van der Waals surface area contributed by atoms with E-state index in [4.69, 9.17) is 5.73 Å². The lowest BCUT2D eigenvalue weighted by atomic mass is 10.0. The minimum atomic E-state index is 0.0467. The third-order valence-electron chi connectivity index (χ3n) is 2.33. The van der Waals surface area contributed by atoms with Gasteiger partial charge in [0.25, 0.3) is 0 Å². The molecule has 0 bridgehead atoms. The fraction of sp³-hybridized carbons (Fsp3) is 0.167. The van der Waals surface area contributed by atoms with Crippen LogP contribution in [0, 0.1) is 6.92 Å². The topological polar surface area (TPSA) is 56.0 Å². The predicted molar refractivity (Wildman–Crippen MR) is 65.7 cm³/mol. The molecule has 0 amide bonds. The highest BCUT2D eigenvalue weighted by Gasteiger charge is 2.11. The summed E-state index contributed by atoms with van der Waals surface area (Å²) in [4.78, 5) is 16.9. The zero-order valence-electron chi connectivity index (χ0n) is 8.93. The molecule has 1 heterocycles. The smallest absolute Gasteiger partial charge is 0.170 e. The molecule has 0 saturated heterocycles.